The van der Waals surface area contributed by atoms with E-state index in [-0.39, 0.29) is 30.6 Å². The third-order valence-electron chi connectivity index (χ3n) is 4.86. The number of benzene rings is 1. The van der Waals surface area contributed by atoms with Gasteiger partial charge in [0.15, 0.2) is 11.3 Å². The summed E-state index contributed by atoms with van der Waals surface area (Å²) >= 11 is 0. The molecular weight excluding hydrogens is 330 g/mol. The zero-order chi connectivity index (χ0) is 18.9. The van der Waals surface area contributed by atoms with Crippen LogP contribution < -0.4 is 0 Å². The summed E-state index contributed by atoms with van der Waals surface area (Å²) in [6, 6.07) is 8.88. The summed E-state index contributed by atoms with van der Waals surface area (Å²) in [6.07, 6.45) is 4.07. The zero-order valence-electron chi connectivity index (χ0n) is 15.3. The highest BCUT2D eigenvalue weighted by Crippen LogP contribution is 2.39. The van der Waals surface area contributed by atoms with Crippen LogP contribution in [0.3, 0.4) is 0 Å². The average Bonchev–Trinajstić information content (AvgIpc) is 2.98. The Balaban J connectivity index is 2.14. The Morgan fingerprint density at radius 1 is 1.19 bits per heavy atom. The van der Waals surface area contributed by atoms with Crippen molar-refractivity contribution in [2.45, 2.75) is 32.2 Å². The van der Waals surface area contributed by atoms with Gasteiger partial charge in [-0.15, -0.1) is 0 Å². The standard InChI is InChI=1S/C21H23NO4/c1-14(2)11-21(20(25)26-3)12-16-9-18(23)10-17(16)13-22(21)19(24)15-7-5-4-6-8-15/h4-8,10,12,14H,9,11,13H2,1-3H3. The molecule has 1 amide bonds. The van der Waals surface area contributed by atoms with E-state index in [2.05, 4.69) is 0 Å². The van der Waals surface area contributed by atoms with E-state index in [0.29, 0.717) is 12.0 Å². The summed E-state index contributed by atoms with van der Waals surface area (Å²) in [4.78, 5) is 39.6. The van der Waals surface area contributed by atoms with Gasteiger partial charge in [-0.2, -0.15) is 0 Å². The van der Waals surface area contributed by atoms with Crippen LogP contribution in [0.4, 0.5) is 0 Å². The maximum Gasteiger partial charge on any atom is 0.335 e. The first-order valence-corrected chi connectivity index (χ1v) is 8.78. The molecule has 1 heterocycles. The monoisotopic (exact) mass is 353 g/mol. The largest absolute Gasteiger partial charge is 0.467 e. The van der Waals surface area contributed by atoms with Gasteiger partial charge in [-0.05, 0) is 47.8 Å². The van der Waals surface area contributed by atoms with Crippen molar-refractivity contribution < 1.29 is 19.1 Å². The summed E-state index contributed by atoms with van der Waals surface area (Å²) in [6.45, 7) is 4.23. The molecule has 1 aliphatic heterocycles. The molecule has 2 aliphatic rings. The number of ketones is 1. The van der Waals surface area contributed by atoms with Crippen molar-refractivity contribution in [3.05, 3.63) is 59.2 Å². The molecule has 3 rings (SSSR count). The summed E-state index contributed by atoms with van der Waals surface area (Å²) < 4.78 is 5.10. The summed E-state index contributed by atoms with van der Waals surface area (Å²) in [5, 5.41) is 0. The lowest BCUT2D eigenvalue weighted by atomic mass is 9.80. The van der Waals surface area contributed by atoms with E-state index in [1.54, 1.807) is 41.3 Å². The Bertz CT molecular complexity index is 807. The molecule has 0 saturated heterocycles. The fourth-order valence-corrected chi connectivity index (χ4v) is 3.82. The van der Waals surface area contributed by atoms with Gasteiger partial charge in [-0.1, -0.05) is 32.0 Å². The predicted octanol–water partition coefficient (Wildman–Crippen LogP) is 2.93. The van der Waals surface area contributed by atoms with Crippen LogP contribution >= 0.6 is 0 Å². The topological polar surface area (TPSA) is 63.7 Å². The molecule has 0 N–H and O–H groups in total. The molecule has 136 valence electrons. The highest BCUT2D eigenvalue weighted by Gasteiger charge is 2.50. The first-order valence-electron chi connectivity index (χ1n) is 8.78. The van der Waals surface area contributed by atoms with E-state index in [4.69, 9.17) is 4.74 Å². The van der Waals surface area contributed by atoms with Crippen molar-refractivity contribution in [3.63, 3.8) is 0 Å². The van der Waals surface area contributed by atoms with E-state index in [1.807, 2.05) is 19.9 Å². The molecule has 0 spiro atoms. The number of carbonyl (C=O) groups excluding carboxylic acids is 3. The smallest absolute Gasteiger partial charge is 0.335 e. The second-order valence-electron chi connectivity index (χ2n) is 7.25. The minimum absolute atomic E-state index is 0.00331. The molecular formula is C21H23NO4. The predicted molar refractivity (Wildman–Crippen MR) is 97.5 cm³/mol. The van der Waals surface area contributed by atoms with Gasteiger partial charge < -0.3 is 9.64 Å². The van der Waals surface area contributed by atoms with Crippen LogP contribution in [-0.2, 0) is 14.3 Å². The number of fused-ring (bicyclic) bond motifs is 1. The molecule has 0 radical (unpaired) electrons. The van der Waals surface area contributed by atoms with E-state index < -0.39 is 11.5 Å². The molecule has 1 atom stereocenters. The second-order valence-corrected chi connectivity index (χ2v) is 7.25. The van der Waals surface area contributed by atoms with Crippen molar-refractivity contribution >= 4 is 17.7 Å². The quantitative estimate of drug-likeness (QED) is 0.781. The maximum atomic E-state index is 13.3. The number of esters is 1. The molecule has 0 aromatic heterocycles. The molecule has 0 bridgehead atoms. The minimum atomic E-state index is -1.20. The van der Waals surface area contributed by atoms with E-state index in [9.17, 15) is 14.4 Å². The Kier molecular flexibility index (Phi) is 4.81. The Labute approximate surface area is 153 Å². The number of nitrogens with zero attached hydrogens (tertiary/aromatic N) is 1. The number of allylic oxidation sites excluding steroid dienone is 1. The molecule has 0 fully saturated rings. The van der Waals surface area contributed by atoms with Gasteiger partial charge in [0.1, 0.15) is 0 Å². The first kappa shape index (κ1) is 18.1. The van der Waals surface area contributed by atoms with Crippen LogP contribution in [0.25, 0.3) is 0 Å². The molecule has 5 nitrogen and oxygen atoms in total. The van der Waals surface area contributed by atoms with Crippen molar-refractivity contribution in [1.82, 2.24) is 4.90 Å². The number of hydrogen-bond donors (Lipinski definition) is 0. The van der Waals surface area contributed by atoms with Gasteiger partial charge >= 0.3 is 5.97 Å². The highest BCUT2D eigenvalue weighted by molar-refractivity contribution is 6.02. The summed E-state index contributed by atoms with van der Waals surface area (Å²) in [5.41, 5.74) is 0.944. The van der Waals surface area contributed by atoms with Crippen molar-refractivity contribution in [2.75, 3.05) is 13.7 Å². The van der Waals surface area contributed by atoms with Crippen molar-refractivity contribution in [3.8, 4) is 0 Å². The van der Waals surface area contributed by atoms with Crippen LogP contribution in [0, 0.1) is 5.92 Å². The molecule has 26 heavy (non-hydrogen) atoms. The first-order chi connectivity index (χ1) is 12.4. The van der Waals surface area contributed by atoms with Crippen LogP contribution in [0.1, 0.15) is 37.0 Å². The molecule has 1 aromatic carbocycles. The molecule has 5 heteroatoms. The van der Waals surface area contributed by atoms with E-state index >= 15 is 0 Å². The lowest BCUT2D eigenvalue weighted by molar-refractivity contribution is -0.151. The number of hydrogen-bond acceptors (Lipinski definition) is 4. The van der Waals surface area contributed by atoms with Gasteiger partial charge in [0.05, 0.1) is 7.11 Å². The Morgan fingerprint density at radius 3 is 2.50 bits per heavy atom. The normalized spacial score (nSPS) is 22.0. The number of rotatable bonds is 4. The van der Waals surface area contributed by atoms with E-state index in [1.165, 1.54) is 7.11 Å². The number of carbonyl (C=O) groups is 3. The lowest BCUT2D eigenvalue weighted by Crippen LogP contribution is -2.59. The van der Waals surface area contributed by atoms with Gasteiger partial charge in [0, 0.05) is 18.5 Å². The maximum absolute atomic E-state index is 13.3. The SMILES string of the molecule is COC(=O)C1(CC(C)C)C=C2CC(=O)C=C2CN1C(=O)c1ccccc1. The van der Waals surface area contributed by atoms with Crippen molar-refractivity contribution in [2.24, 2.45) is 5.92 Å². The van der Waals surface area contributed by atoms with Crippen LogP contribution in [0.2, 0.25) is 0 Å². The van der Waals surface area contributed by atoms with Gasteiger partial charge in [-0.25, -0.2) is 4.79 Å². The molecule has 1 unspecified atom stereocenters. The Morgan fingerprint density at radius 2 is 1.88 bits per heavy atom. The van der Waals surface area contributed by atoms with Gasteiger partial charge in [-0.3, -0.25) is 9.59 Å². The lowest BCUT2D eigenvalue weighted by Gasteiger charge is -2.44. The zero-order valence-corrected chi connectivity index (χ0v) is 15.3. The fraction of sp³-hybridized carbons (Fsp3) is 0.381. The molecule has 1 aromatic rings. The number of amides is 1. The van der Waals surface area contributed by atoms with Gasteiger partial charge in [0.25, 0.3) is 5.91 Å². The number of methoxy groups -OCH3 is 1. The van der Waals surface area contributed by atoms with Gasteiger partial charge in [0.2, 0.25) is 0 Å². The summed E-state index contributed by atoms with van der Waals surface area (Å²) in [5.74, 6) is -0.559. The molecule has 1 aliphatic carbocycles. The summed E-state index contributed by atoms with van der Waals surface area (Å²) in [7, 11) is 1.33. The van der Waals surface area contributed by atoms with E-state index in [0.717, 1.165) is 11.1 Å². The van der Waals surface area contributed by atoms with Crippen LogP contribution in [0.5, 0.6) is 0 Å². The molecule has 0 saturated carbocycles. The third kappa shape index (κ3) is 3.09. The van der Waals surface area contributed by atoms with Crippen molar-refractivity contribution in [1.29, 1.82) is 0 Å². The average molecular weight is 353 g/mol. The fourth-order valence-electron chi connectivity index (χ4n) is 3.82. The second kappa shape index (κ2) is 6.90. The van der Waals surface area contributed by atoms with Crippen LogP contribution in [-0.4, -0.2) is 41.8 Å². The Hall–Kier alpha value is -2.69. The minimum Gasteiger partial charge on any atom is -0.467 e. The highest BCUT2D eigenvalue weighted by atomic mass is 16.5. The number of ether oxygens (including phenoxy) is 1. The third-order valence-corrected chi connectivity index (χ3v) is 4.86. The van der Waals surface area contributed by atoms with Crippen LogP contribution in [0.15, 0.2) is 53.6 Å².